The van der Waals surface area contributed by atoms with E-state index in [-0.39, 0.29) is 17.9 Å². The van der Waals surface area contributed by atoms with Gasteiger partial charge in [-0.15, -0.1) is 0 Å². The Bertz CT molecular complexity index is 725. The molecule has 3 N–H and O–H groups in total. The first kappa shape index (κ1) is 12.8. The first-order valence-corrected chi connectivity index (χ1v) is 5.38. The summed E-state index contributed by atoms with van der Waals surface area (Å²) >= 11 is 0. The van der Waals surface area contributed by atoms with Crippen molar-refractivity contribution in [1.82, 2.24) is 14.6 Å². The molecule has 0 aliphatic heterocycles. The van der Waals surface area contributed by atoms with E-state index >= 15 is 0 Å². The number of hydrogen-bond acceptors (Lipinski definition) is 5. The monoisotopic (exact) mass is 264 g/mol. The van der Waals surface area contributed by atoms with Crippen LogP contribution in [0.25, 0.3) is 0 Å². The highest BCUT2D eigenvalue weighted by molar-refractivity contribution is 5.94. The summed E-state index contributed by atoms with van der Waals surface area (Å²) in [6.07, 6.45) is 4.21. The van der Waals surface area contributed by atoms with Gasteiger partial charge in [0.05, 0.1) is 18.4 Å². The summed E-state index contributed by atoms with van der Waals surface area (Å²) in [6.45, 7) is -0.0231. The van der Waals surface area contributed by atoms with Gasteiger partial charge in [0.25, 0.3) is 5.91 Å². The van der Waals surface area contributed by atoms with Gasteiger partial charge in [-0.25, -0.2) is 5.84 Å². The molecule has 0 saturated heterocycles. The highest BCUT2D eigenvalue weighted by Gasteiger charge is 2.15. The topological polar surface area (TPSA) is 112 Å². The second-order valence-corrected chi connectivity index (χ2v) is 3.88. The second-order valence-electron chi connectivity index (χ2n) is 3.88. The molecule has 2 rings (SSSR count). The highest BCUT2D eigenvalue weighted by atomic mass is 16.3. The average Bonchev–Trinajstić information content (AvgIpc) is 2.87. The fourth-order valence-corrected chi connectivity index (χ4v) is 1.61. The van der Waals surface area contributed by atoms with Crippen LogP contribution in [0.1, 0.15) is 16.1 Å². The van der Waals surface area contributed by atoms with E-state index in [0.29, 0.717) is 0 Å². The summed E-state index contributed by atoms with van der Waals surface area (Å²) in [6, 6.07) is 1.43. The summed E-state index contributed by atoms with van der Waals surface area (Å²) in [4.78, 5) is 34.7. The largest absolute Gasteiger partial charge is 0.467 e. The van der Waals surface area contributed by atoms with Crippen LogP contribution >= 0.6 is 0 Å². The molecular formula is C11H12N4O4. The molecule has 0 aliphatic rings. The summed E-state index contributed by atoms with van der Waals surface area (Å²) < 4.78 is 7.47. The second kappa shape index (κ2) is 4.94. The molecule has 100 valence electrons. The van der Waals surface area contributed by atoms with Gasteiger partial charge in [-0.05, 0) is 6.07 Å². The number of nitrogen functional groups attached to an aromatic ring is 1. The number of hydrazine groups is 1. The van der Waals surface area contributed by atoms with Crippen molar-refractivity contribution in [2.45, 2.75) is 6.54 Å². The number of carbonyl (C=O) groups excluding carboxylic acids is 1. The quantitative estimate of drug-likeness (QED) is 0.313. The van der Waals surface area contributed by atoms with Crippen molar-refractivity contribution in [3.63, 3.8) is 0 Å². The molecule has 1 amide bonds. The lowest BCUT2D eigenvalue weighted by molar-refractivity contribution is 0.0951. The number of aryl methyl sites for hydroxylation is 1. The van der Waals surface area contributed by atoms with Crippen molar-refractivity contribution in [2.24, 2.45) is 12.9 Å². The van der Waals surface area contributed by atoms with Crippen molar-refractivity contribution in [3.8, 4) is 0 Å². The number of rotatable bonds is 3. The Morgan fingerprint density at radius 2 is 2.11 bits per heavy atom. The zero-order valence-electron chi connectivity index (χ0n) is 10.1. The van der Waals surface area contributed by atoms with E-state index in [0.717, 1.165) is 4.57 Å². The fourth-order valence-electron chi connectivity index (χ4n) is 1.61. The molecule has 19 heavy (non-hydrogen) atoms. The number of hydrogen-bond donors (Lipinski definition) is 2. The Kier molecular flexibility index (Phi) is 3.34. The smallest absolute Gasteiger partial charge is 0.316 e. The maximum Gasteiger partial charge on any atom is 0.316 e. The van der Waals surface area contributed by atoms with Crippen LogP contribution in [0.4, 0.5) is 0 Å². The minimum atomic E-state index is -0.694. The van der Waals surface area contributed by atoms with E-state index in [1.165, 1.54) is 36.3 Å². The Morgan fingerprint density at radius 1 is 1.37 bits per heavy atom. The Hall–Kier alpha value is -2.61. The van der Waals surface area contributed by atoms with Crippen molar-refractivity contribution >= 4 is 5.91 Å². The van der Waals surface area contributed by atoms with Crippen molar-refractivity contribution in [3.05, 3.63) is 56.8 Å². The molecule has 2 aromatic heterocycles. The van der Waals surface area contributed by atoms with Crippen LogP contribution in [0, 0.1) is 0 Å². The van der Waals surface area contributed by atoms with Gasteiger partial charge in [0.15, 0.2) is 0 Å². The Labute approximate surface area is 107 Å². The van der Waals surface area contributed by atoms with Gasteiger partial charge in [-0.1, -0.05) is 0 Å². The normalized spacial score (nSPS) is 10.4. The van der Waals surface area contributed by atoms with E-state index in [4.69, 9.17) is 10.3 Å². The first-order chi connectivity index (χ1) is 9.04. The molecule has 2 aromatic rings. The van der Waals surface area contributed by atoms with Crippen LogP contribution < -0.4 is 22.4 Å². The maximum absolute atomic E-state index is 11.7. The molecule has 0 unspecified atom stereocenters. The number of furan rings is 1. The van der Waals surface area contributed by atoms with Gasteiger partial charge >= 0.3 is 11.1 Å². The van der Waals surface area contributed by atoms with Crippen molar-refractivity contribution in [1.29, 1.82) is 0 Å². The van der Waals surface area contributed by atoms with Gasteiger partial charge < -0.3 is 13.6 Å². The van der Waals surface area contributed by atoms with Gasteiger partial charge in [-0.3, -0.25) is 19.8 Å². The lowest BCUT2D eigenvalue weighted by Crippen LogP contribution is -2.39. The van der Waals surface area contributed by atoms with E-state index < -0.39 is 17.0 Å². The van der Waals surface area contributed by atoms with Crippen molar-refractivity contribution < 1.29 is 9.21 Å². The average molecular weight is 264 g/mol. The Balaban J connectivity index is 2.41. The number of carbonyl (C=O) groups is 1. The van der Waals surface area contributed by atoms with Crippen LogP contribution in [0.15, 0.2) is 38.7 Å². The molecule has 0 spiro atoms. The molecule has 0 aromatic carbocycles. The third kappa shape index (κ3) is 2.33. The molecular weight excluding hydrogens is 252 g/mol. The van der Waals surface area contributed by atoms with Gasteiger partial charge in [-0.2, -0.15) is 0 Å². The number of nitrogens with zero attached hydrogens (tertiary/aromatic N) is 2. The molecule has 0 atom stereocenters. The van der Waals surface area contributed by atoms with E-state index in [9.17, 15) is 14.4 Å². The third-order valence-corrected chi connectivity index (χ3v) is 2.67. The summed E-state index contributed by atoms with van der Waals surface area (Å²) in [5.74, 6) is 4.76. The number of amides is 1. The van der Waals surface area contributed by atoms with Crippen LogP contribution in [-0.2, 0) is 13.6 Å². The van der Waals surface area contributed by atoms with E-state index in [1.807, 2.05) is 5.43 Å². The highest BCUT2D eigenvalue weighted by Crippen LogP contribution is 2.10. The summed E-state index contributed by atoms with van der Waals surface area (Å²) in [5, 5.41) is 0. The van der Waals surface area contributed by atoms with E-state index in [2.05, 4.69) is 0 Å². The number of aromatic nitrogens is 2. The van der Waals surface area contributed by atoms with Crippen LogP contribution in [0.2, 0.25) is 0 Å². The summed E-state index contributed by atoms with van der Waals surface area (Å²) in [7, 11) is 1.48. The molecule has 2 heterocycles. The lowest BCUT2D eigenvalue weighted by Gasteiger charge is -2.05. The molecule has 0 fully saturated rings. The molecule has 8 heteroatoms. The minimum absolute atomic E-state index is 0.0231. The number of nitrogens with one attached hydrogen (secondary N) is 1. The zero-order valence-corrected chi connectivity index (χ0v) is 10.1. The number of nitrogens with two attached hydrogens (primary N) is 1. The van der Waals surface area contributed by atoms with Crippen LogP contribution in [-0.4, -0.2) is 15.0 Å². The Morgan fingerprint density at radius 3 is 2.79 bits per heavy atom. The van der Waals surface area contributed by atoms with Gasteiger partial charge in [0.2, 0.25) is 0 Å². The van der Waals surface area contributed by atoms with Gasteiger partial charge in [0.1, 0.15) is 5.76 Å². The predicted molar refractivity (Wildman–Crippen MR) is 65.4 cm³/mol. The molecule has 0 radical (unpaired) electrons. The first-order valence-electron chi connectivity index (χ1n) is 5.38. The maximum atomic E-state index is 11.7. The van der Waals surface area contributed by atoms with Crippen molar-refractivity contribution in [2.75, 3.05) is 0 Å². The third-order valence-electron chi connectivity index (χ3n) is 2.67. The predicted octanol–water partition coefficient (Wildman–Crippen LogP) is -1.21. The minimum Gasteiger partial charge on any atom is -0.467 e. The zero-order chi connectivity index (χ0) is 14.0. The van der Waals surface area contributed by atoms with E-state index in [1.54, 1.807) is 0 Å². The molecule has 0 saturated carbocycles. The summed E-state index contributed by atoms with van der Waals surface area (Å²) in [5.41, 5.74) is 0.846. The SMILES string of the molecule is Cn1ccn(Cc2occc2C(=O)NN)c(=O)c1=O. The standard InChI is InChI=1S/C11H12N4O4/c1-14-3-4-15(11(18)10(14)17)6-8-7(2-5-19-8)9(16)13-12/h2-5H,6,12H2,1H3,(H,13,16). The molecule has 0 aliphatic carbocycles. The molecule has 8 nitrogen and oxygen atoms in total. The van der Waals surface area contributed by atoms with Crippen LogP contribution in [0.3, 0.4) is 0 Å². The molecule has 0 bridgehead atoms. The van der Waals surface area contributed by atoms with Gasteiger partial charge in [0, 0.05) is 19.4 Å². The van der Waals surface area contributed by atoms with Crippen LogP contribution in [0.5, 0.6) is 0 Å². The fraction of sp³-hybridized carbons (Fsp3) is 0.182. The lowest BCUT2D eigenvalue weighted by atomic mass is 10.2.